The van der Waals surface area contributed by atoms with Gasteiger partial charge in [-0.2, -0.15) is 0 Å². The van der Waals surface area contributed by atoms with Crippen molar-refractivity contribution in [2.24, 2.45) is 0 Å². The first-order valence-corrected chi connectivity index (χ1v) is 6.41. The molecule has 0 bridgehead atoms. The standard InChI is InChI=1S/C13H17N5O/c14-13-12(18-6-4-15-5-7-18)10-3-1-2-9(8-19)11(10)16-17-13/h1-3,15,19H,4-8H2,(H2,14,17). The fourth-order valence-electron chi connectivity index (χ4n) is 2.54. The molecule has 0 saturated carbocycles. The highest BCUT2D eigenvalue weighted by molar-refractivity contribution is 5.97. The molecule has 1 saturated heterocycles. The van der Waals surface area contributed by atoms with Crippen molar-refractivity contribution in [3.63, 3.8) is 0 Å². The molecular formula is C13H17N5O. The summed E-state index contributed by atoms with van der Waals surface area (Å²) in [4.78, 5) is 2.23. The molecule has 2 aromatic rings. The van der Waals surface area contributed by atoms with Gasteiger partial charge in [0.15, 0.2) is 5.82 Å². The van der Waals surface area contributed by atoms with Crippen molar-refractivity contribution in [1.82, 2.24) is 15.5 Å². The molecule has 100 valence electrons. The Balaban J connectivity index is 2.18. The smallest absolute Gasteiger partial charge is 0.170 e. The second kappa shape index (κ2) is 4.99. The van der Waals surface area contributed by atoms with Gasteiger partial charge >= 0.3 is 0 Å². The normalized spacial score (nSPS) is 15.9. The summed E-state index contributed by atoms with van der Waals surface area (Å²) in [5, 5.41) is 21.8. The third-order valence-electron chi connectivity index (χ3n) is 3.48. The number of nitrogens with two attached hydrogens (primary N) is 1. The first-order valence-electron chi connectivity index (χ1n) is 6.41. The molecule has 1 fully saturated rings. The molecule has 1 aliphatic heterocycles. The Morgan fingerprint density at radius 1 is 1.26 bits per heavy atom. The van der Waals surface area contributed by atoms with Crippen LogP contribution in [-0.2, 0) is 6.61 Å². The highest BCUT2D eigenvalue weighted by Gasteiger charge is 2.18. The minimum Gasteiger partial charge on any atom is -0.392 e. The number of nitrogen functional groups attached to an aromatic ring is 1. The van der Waals surface area contributed by atoms with Crippen LogP contribution in [0.3, 0.4) is 0 Å². The molecule has 0 radical (unpaired) electrons. The second-order valence-corrected chi connectivity index (χ2v) is 4.64. The van der Waals surface area contributed by atoms with Crippen molar-refractivity contribution >= 4 is 22.4 Å². The van der Waals surface area contributed by atoms with Crippen LogP contribution in [-0.4, -0.2) is 41.5 Å². The van der Waals surface area contributed by atoms with Gasteiger partial charge in [-0.15, -0.1) is 10.2 Å². The fraction of sp³-hybridized carbons (Fsp3) is 0.385. The zero-order valence-corrected chi connectivity index (χ0v) is 10.6. The molecule has 0 amide bonds. The Morgan fingerprint density at radius 2 is 2.05 bits per heavy atom. The molecule has 3 rings (SSSR count). The van der Waals surface area contributed by atoms with E-state index in [0.717, 1.165) is 48.3 Å². The van der Waals surface area contributed by atoms with Crippen LogP contribution in [0.5, 0.6) is 0 Å². The van der Waals surface area contributed by atoms with E-state index in [1.54, 1.807) is 0 Å². The van der Waals surface area contributed by atoms with Crippen LogP contribution in [0.25, 0.3) is 10.9 Å². The van der Waals surface area contributed by atoms with E-state index in [4.69, 9.17) is 5.73 Å². The molecule has 0 unspecified atom stereocenters. The summed E-state index contributed by atoms with van der Waals surface area (Å²) in [6, 6.07) is 5.76. The number of hydrogen-bond acceptors (Lipinski definition) is 6. The minimum absolute atomic E-state index is 0.0447. The summed E-state index contributed by atoms with van der Waals surface area (Å²) >= 11 is 0. The molecule has 1 aliphatic rings. The lowest BCUT2D eigenvalue weighted by Gasteiger charge is -2.30. The molecule has 4 N–H and O–H groups in total. The summed E-state index contributed by atoms with van der Waals surface area (Å²) in [5.74, 6) is 0.449. The summed E-state index contributed by atoms with van der Waals surface area (Å²) in [6.45, 7) is 3.62. The first kappa shape index (κ1) is 12.1. The fourth-order valence-corrected chi connectivity index (χ4v) is 2.54. The number of benzene rings is 1. The van der Waals surface area contributed by atoms with Crippen molar-refractivity contribution in [2.75, 3.05) is 36.8 Å². The van der Waals surface area contributed by atoms with Crippen molar-refractivity contribution in [3.05, 3.63) is 23.8 Å². The van der Waals surface area contributed by atoms with Gasteiger partial charge in [0, 0.05) is 37.1 Å². The van der Waals surface area contributed by atoms with E-state index in [2.05, 4.69) is 20.4 Å². The van der Waals surface area contributed by atoms with E-state index in [0.29, 0.717) is 5.82 Å². The number of aliphatic hydroxyl groups is 1. The number of fused-ring (bicyclic) bond motifs is 1. The van der Waals surface area contributed by atoms with Gasteiger partial charge in [0.2, 0.25) is 0 Å². The molecule has 0 atom stereocenters. The van der Waals surface area contributed by atoms with Crippen LogP contribution < -0.4 is 16.0 Å². The number of piperazine rings is 1. The maximum absolute atomic E-state index is 9.38. The van der Waals surface area contributed by atoms with Gasteiger partial charge in [-0.3, -0.25) is 0 Å². The number of aliphatic hydroxyl groups excluding tert-OH is 1. The van der Waals surface area contributed by atoms with E-state index < -0.39 is 0 Å². The average Bonchev–Trinajstić information content (AvgIpc) is 2.47. The van der Waals surface area contributed by atoms with Gasteiger partial charge in [-0.05, 0) is 0 Å². The first-order chi connectivity index (χ1) is 9.31. The number of anilines is 2. The Hall–Kier alpha value is -1.92. The number of rotatable bonds is 2. The van der Waals surface area contributed by atoms with Crippen molar-refractivity contribution in [2.45, 2.75) is 6.61 Å². The minimum atomic E-state index is -0.0447. The van der Waals surface area contributed by atoms with Gasteiger partial charge in [0.1, 0.15) is 5.52 Å². The predicted molar refractivity (Wildman–Crippen MR) is 75.0 cm³/mol. The summed E-state index contributed by atoms with van der Waals surface area (Å²) in [7, 11) is 0. The molecule has 2 heterocycles. The molecular weight excluding hydrogens is 242 g/mol. The zero-order chi connectivity index (χ0) is 13.2. The summed E-state index contributed by atoms with van der Waals surface area (Å²) in [5.41, 5.74) is 8.45. The number of nitrogens with zero attached hydrogens (tertiary/aromatic N) is 3. The molecule has 1 aromatic heterocycles. The van der Waals surface area contributed by atoms with Crippen LogP contribution in [0.2, 0.25) is 0 Å². The lowest BCUT2D eigenvalue weighted by molar-refractivity contribution is 0.283. The predicted octanol–water partition coefficient (Wildman–Crippen LogP) is 0.114. The Kier molecular flexibility index (Phi) is 3.18. The third-order valence-corrected chi connectivity index (χ3v) is 3.48. The second-order valence-electron chi connectivity index (χ2n) is 4.64. The quantitative estimate of drug-likeness (QED) is 0.710. The van der Waals surface area contributed by atoms with Gasteiger partial charge < -0.3 is 21.1 Å². The van der Waals surface area contributed by atoms with Crippen LogP contribution >= 0.6 is 0 Å². The van der Waals surface area contributed by atoms with E-state index >= 15 is 0 Å². The van der Waals surface area contributed by atoms with Gasteiger partial charge in [-0.1, -0.05) is 18.2 Å². The maximum Gasteiger partial charge on any atom is 0.170 e. The highest BCUT2D eigenvalue weighted by atomic mass is 16.3. The lowest BCUT2D eigenvalue weighted by Crippen LogP contribution is -2.44. The SMILES string of the molecule is Nc1nnc2c(CO)cccc2c1N1CCNCC1. The van der Waals surface area contributed by atoms with Crippen LogP contribution in [0.1, 0.15) is 5.56 Å². The molecule has 1 aromatic carbocycles. The topological polar surface area (TPSA) is 87.3 Å². The lowest BCUT2D eigenvalue weighted by atomic mass is 10.1. The van der Waals surface area contributed by atoms with Crippen LogP contribution in [0.15, 0.2) is 18.2 Å². The number of hydrogen-bond donors (Lipinski definition) is 3. The van der Waals surface area contributed by atoms with Crippen molar-refractivity contribution in [1.29, 1.82) is 0 Å². The number of nitrogens with one attached hydrogen (secondary N) is 1. The molecule has 6 nitrogen and oxygen atoms in total. The van der Waals surface area contributed by atoms with Gasteiger partial charge in [-0.25, -0.2) is 0 Å². The van der Waals surface area contributed by atoms with E-state index in [9.17, 15) is 5.11 Å². The monoisotopic (exact) mass is 259 g/mol. The Labute approximate surface area is 111 Å². The van der Waals surface area contributed by atoms with E-state index in [1.165, 1.54) is 0 Å². The largest absolute Gasteiger partial charge is 0.392 e. The van der Waals surface area contributed by atoms with E-state index in [1.807, 2.05) is 18.2 Å². The van der Waals surface area contributed by atoms with Crippen molar-refractivity contribution in [3.8, 4) is 0 Å². The van der Waals surface area contributed by atoms with Crippen LogP contribution in [0.4, 0.5) is 11.5 Å². The van der Waals surface area contributed by atoms with Gasteiger partial charge in [0.05, 0.1) is 12.3 Å². The zero-order valence-electron chi connectivity index (χ0n) is 10.6. The van der Waals surface area contributed by atoms with Gasteiger partial charge in [0.25, 0.3) is 0 Å². The molecule has 0 spiro atoms. The molecule has 6 heteroatoms. The summed E-state index contributed by atoms with van der Waals surface area (Å²) < 4.78 is 0. The number of aromatic nitrogens is 2. The van der Waals surface area contributed by atoms with Crippen molar-refractivity contribution < 1.29 is 5.11 Å². The highest BCUT2D eigenvalue weighted by Crippen LogP contribution is 2.31. The Morgan fingerprint density at radius 3 is 2.79 bits per heavy atom. The van der Waals surface area contributed by atoms with E-state index in [-0.39, 0.29) is 6.61 Å². The maximum atomic E-state index is 9.38. The van der Waals surface area contributed by atoms with Crippen LogP contribution in [0, 0.1) is 0 Å². The third kappa shape index (κ3) is 2.09. The molecule has 0 aliphatic carbocycles. The Bertz CT molecular complexity index is 595. The molecule has 19 heavy (non-hydrogen) atoms. The average molecular weight is 259 g/mol. The summed E-state index contributed by atoms with van der Waals surface area (Å²) in [6.07, 6.45) is 0.